The highest BCUT2D eigenvalue weighted by molar-refractivity contribution is 7.89. The molecule has 1 saturated heterocycles. The maximum atomic E-state index is 14.0. The smallest absolute Gasteiger partial charge is 0.253 e. The molecule has 2 atom stereocenters. The van der Waals surface area contributed by atoms with Crippen LogP contribution in [0.1, 0.15) is 33.6 Å². The lowest BCUT2D eigenvalue weighted by Crippen LogP contribution is -2.40. The maximum Gasteiger partial charge on any atom is 0.253 e. The van der Waals surface area contributed by atoms with Crippen molar-refractivity contribution in [3.8, 4) is 0 Å². The van der Waals surface area contributed by atoms with E-state index in [9.17, 15) is 22.0 Å². The number of benzene rings is 1. The molecule has 0 aliphatic carbocycles. The first-order chi connectivity index (χ1) is 11.9. The zero-order valence-electron chi connectivity index (χ0n) is 14.8. The van der Waals surface area contributed by atoms with E-state index in [0.717, 1.165) is 6.07 Å². The summed E-state index contributed by atoms with van der Waals surface area (Å²) in [5, 5.41) is 2.26. The number of carbonyl (C=O) groups is 1. The summed E-state index contributed by atoms with van der Waals surface area (Å²) in [7, 11) is -4.25. The van der Waals surface area contributed by atoms with Crippen LogP contribution >= 0.6 is 0 Å². The molecule has 1 aromatic carbocycles. The van der Waals surface area contributed by atoms with Crippen molar-refractivity contribution in [1.29, 1.82) is 0 Å². The molecular formula is C16H23F2N3O4S. The number of sulfonamides is 1. The Bertz CT molecular complexity index is 793. The summed E-state index contributed by atoms with van der Waals surface area (Å²) in [5.41, 5.74) is 4.17. The number of carbonyl (C=O) groups excluding carboxylic acids is 1. The lowest BCUT2D eigenvalue weighted by atomic mass is 10.1. The summed E-state index contributed by atoms with van der Waals surface area (Å²) >= 11 is 0. The number of nitrogens with one attached hydrogen (secondary N) is 2. The predicted octanol–water partition coefficient (Wildman–Crippen LogP) is 1.49. The first-order valence-electron chi connectivity index (χ1n) is 8.12. The van der Waals surface area contributed by atoms with Crippen LogP contribution in [0.5, 0.6) is 0 Å². The maximum absolute atomic E-state index is 14.0. The Kier molecular flexibility index (Phi) is 6.01. The second-order valence-electron chi connectivity index (χ2n) is 7.17. The summed E-state index contributed by atoms with van der Waals surface area (Å²) in [6, 6.07) is 1.18. The van der Waals surface area contributed by atoms with E-state index in [1.165, 1.54) is 0 Å². The molecule has 0 saturated carbocycles. The van der Waals surface area contributed by atoms with Crippen molar-refractivity contribution in [2.75, 3.05) is 11.9 Å². The molecule has 0 radical (unpaired) electrons. The Balaban J connectivity index is 2.26. The third kappa shape index (κ3) is 4.97. The average Bonchev–Trinajstić information content (AvgIpc) is 2.96. The number of nitrogens with two attached hydrogens (primary N) is 1. The van der Waals surface area contributed by atoms with Gasteiger partial charge in [0.2, 0.25) is 10.0 Å². The summed E-state index contributed by atoms with van der Waals surface area (Å²) in [6.45, 7) is 5.01. The second-order valence-corrected chi connectivity index (χ2v) is 8.82. The van der Waals surface area contributed by atoms with E-state index in [1.54, 1.807) is 20.8 Å². The molecule has 4 N–H and O–H groups in total. The van der Waals surface area contributed by atoms with Crippen LogP contribution in [0, 0.1) is 11.6 Å². The molecule has 0 bridgehead atoms. The number of hydrogen-bond acceptors (Lipinski definition) is 5. The molecule has 7 nitrogen and oxygen atoms in total. The quantitative estimate of drug-likeness (QED) is 0.704. The number of hydrogen-bond donors (Lipinski definition) is 3. The van der Waals surface area contributed by atoms with Crippen molar-refractivity contribution in [3.05, 3.63) is 23.8 Å². The predicted molar refractivity (Wildman–Crippen MR) is 92.0 cm³/mol. The first kappa shape index (κ1) is 20.7. The molecule has 1 heterocycles. The van der Waals surface area contributed by atoms with Crippen LogP contribution in [0.2, 0.25) is 0 Å². The van der Waals surface area contributed by atoms with Gasteiger partial charge in [0, 0.05) is 18.2 Å². The van der Waals surface area contributed by atoms with Crippen molar-refractivity contribution in [2.24, 2.45) is 5.73 Å². The van der Waals surface area contributed by atoms with Gasteiger partial charge in [-0.1, -0.05) is 0 Å². The molecule has 0 unspecified atom stereocenters. The standard InChI is InChI=1S/C16H23F2N3O4S/c1-16(2,3)21-26(23,24)14-7-12(10(17)6-11(14)18)20-15(22)13-5-4-9(8-19)25-13/h6-7,9,13,21H,4-5,8,19H2,1-3H3,(H,20,22)/t9-,13+/m1/s1. The lowest BCUT2D eigenvalue weighted by molar-refractivity contribution is -0.126. The SMILES string of the molecule is CC(C)(C)NS(=O)(=O)c1cc(NC(=O)[C@@H]2CC[C@H](CN)O2)c(F)cc1F. The van der Waals surface area contributed by atoms with Crippen LogP contribution in [-0.2, 0) is 19.6 Å². The van der Waals surface area contributed by atoms with Gasteiger partial charge in [0.05, 0.1) is 11.8 Å². The number of ether oxygens (including phenoxy) is 1. The van der Waals surface area contributed by atoms with Gasteiger partial charge in [0.15, 0.2) is 0 Å². The van der Waals surface area contributed by atoms with Crippen LogP contribution in [0.3, 0.4) is 0 Å². The zero-order chi connectivity index (χ0) is 19.7. The second kappa shape index (κ2) is 7.55. The zero-order valence-corrected chi connectivity index (χ0v) is 15.6. The molecule has 26 heavy (non-hydrogen) atoms. The molecule has 1 aliphatic rings. The minimum absolute atomic E-state index is 0.254. The van der Waals surface area contributed by atoms with Gasteiger partial charge in [-0.3, -0.25) is 4.79 Å². The summed E-state index contributed by atoms with van der Waals surface area (Å²) in [6.07, 6.45) is -0.0698. The van der Waals surface area contributed by atoms with Gasteiger partial charge in [-0.15, -0.1) is 0 Å². The van der Waals surface area contributed by atoms with E-state index >= 15 is 0 Å². The molecule has 146 valence electrons. The summed E-state index contributed by atoms with van der Waals surface area (Å²) in [5.74, 6) is -2.98. The molecular weight excluding hydrogens is 368 g/mol. The van der Waals surface area contributed by atoms with Crippen LogP contribution in [0.15, 0.2) is 17.0 Å². The molecule has 1 aromatic rings. The average molecular weight is 391 g/mol. The van der Waals surface area contributed by atoms with E-state index in [2.05, 4.69) is 10.0 Å². The normalized spacial score (nSPS) is 21.0. The minimum atomic E-state index is -4.25. The Hall–Kier alpha value is -1.62. The first-order valence-corrected chi connectivity index (χ1v) is 9.60. The van der Waals surface area contributed by atoms with Crippen LogP contribution in [0.4, 0.5) is 14.5 Å². The topological polar surface area (TPSA) is 111 Å². The van der Waals surface area contributed by atoms with Crippen molar-refractivity contribution in [1.82, 2.24) is 4.72 Å². The fourth-order valence-corrected chi connectivity index (χ4v) is 4.08. The van der Waals surface area contributed by atoms with Gasteiger partial charge in [-0.2, -0.15) is 0 Å². The number of halogens is 2. The highest BCUT2D eigenvalue weighted by Crippen LogP contribution is 2.26. The Morgan fingerprint density at radius 2 is 1.92 bits per heavy atom. The number of rotatable bonds is 5. The Morgan fingerprint density at radius 3 is 2.46 bits per heavy atom. The Labute approximate surface area is 151 Å². The van der Waals surface area contributed by atoms with Crippen LogP contribution < -0.4 is 15.8 Å². The van der Waals surface area contributed by atoms with Crippen LogP contribution in [0.25, 0.3) is 0 Å². The van der Waals surface area contributed by atoms with Crippen molar-refractivity contribution in [3.63, 3.8) is 0 Å². The van der Waals surface area contributed by atoms with Gasteiger partial charge in [-0.05, 0) is 39.7 Å². The molecule has 10 heteroatoms. The van der Waals surface area contributed by atoms with Gasteiger partial charge >= 0.3 is 0 Å². The van der Waals surface area contributed by atoms with Crippen molar-refractivity contribution < 1.29 is 26.7 Å². The van der Waals surface area contributed by atoms with Gasteiger partial charge < -0.3 is 15.8 Å². The highest BCUT2D eigenvalue weighted by Gasteiger charge is 2.31. The largest absolute Gasteiger partial charge is 0.364 e. The minimum Gasteiger partial charge on any atom is -0.364 e. The highest BCUT2D eigenvalue weighted by atomic mass is 32.2. The monoisotopic (exact) mass is 391 g/mol. The van der Waals surface area contributed by atoms with Gasteiger partial charge in [0.1, 0.15) is 22.6 Å². The Morgan fingerprint density at radius 1 is 1.27 bits per heavy atom. The summed E-state index contributed by atoms with van der Waals surface area (Å²) in [4.78, 5) is 11.4. The number of anilines is 1. The van der Waals surface area contributed by atoms with Crippen LogP contribution in [-0.4, -0.2) is 38.6 Å². The van der Waals surface area contributed by atoms with E-state index in [4.69, 9.17) is 10.5 Å². The fourth-order valence-electron chi connectivity index (χ4n) is 2.57. The molecule has 1 amide bonds. The molecule has 1 aliphatic heterocycles. The number of amides is 1. The summed E-state index contributed by atoms with van der Waals surface area (Å²) < 4.78 is 60.4. The molecule has 2 rings (SSSR count). The third-order valence-electron chi connectivity index (χ3n) is 3.67. The van der Waals surface area contributed by atoms with Gasteiger partial charge in [0.25, 0.3) is 5.91 Å². The van der Waals surface area contributed by atoms with E-state index in [-0.39, 0.29) is 12.6 Å². The molecule has 0 spiro atoms. The molecule has 0 aromatic heterocycles. The lowest BCUT2D eigenvalue weighted by Gasteiger charge is -2.21. The van der Waals surface area contributed by atoms with E-state index in [0.29, 0.717) is 18.9 Å². The molecule has 1 fully saturated rings. The van der Waals surface area contributed by atoms with E-state index in [1.807, 2.05) is 0 Å². The van der Waals surface area contributed by atoms with Crippen molar-refractivity contribution in [2.45, 2.75) is 56.3 Å². The van der Waals surface area contributed by atoms with Crippen molar-refractivity contribution >= 4 is 21.6 Å². The van der Waals surface area contributed by atoms with Gasteiger partial charge in [-0.25, -0.2) is 21.9 Å². The van der Waals surface area contributed by atoms with E-state index < -0.39 is 49.8 Å². The fraction of sp³-hybridized carbons (Fsp3) is 0.562. The third-order valence-corrected chi connectivity index (χ3v) is 5.45.